The molecular weight excluding hydrogens is 309 g/mol. The van der Waals surface area contributed by atoms with Crippen molar-refractivity contribution in [3.05, 3.63) is 77.6 Å². The molecule has 0 saturated carbocycles. The number of nitrogens with one attached hydrogen (secondary N) is 2. The summed E-state index contributed by atoms with van der Waals surface area (Å²) in [7, 11) is 0. The monoisotopic (exact) mass is 325 g/mol. The highest BCUT2D eigenvalue weighted by molar-refractivity contribution is 5.44. The second-order valence-corrected chi connectivity index (χ2v) is 5.53. The molecule has 3 aromatic rings. The zero-order chi connectivity index (χ0) is 16.4. The van der Waals surface area contributed by atoms with Crippen LogP contribution < -0.4 is 14.8 Å². The average Bonchev–Trinajstić information content (AvgIpc) is 3.27. The van der Waals surface area contributed by atoms with Crippen LogP contribution in [0, 0.1) is 5.82 Å². The number of hydrogen-bond donors (Lipinski definition) is 2. The Hall–Kier alpha value is -2.86. The number of ether oxygens (including phenoxy) is 2. The van der Waals surface area contributed by atoms with E-state index in [1.165, 1.54) is 12.1 Å². The Labute approximate surface area is 138 Å². The van der Waals surface area contributed by atoms with Crippen LogP contribution in [0.1, 0.15) is 23.0 Å². The molecule has 2 N–H and O–H groups in total. The number of imidazole rings is 1. The summed E-state index contributed by atoms with van der Waals surface area (Å²) in [5.41, 5.74) is 2.00. The highest BCUT2D eigenvalue weighted by Crippen LogP contribution is 2.32. The molecular formula is C18H16FN3O2. The van der Waals surface area contributed by atoms with E-state index >= 15 is 0 Å². The van der Waals surface area contributed by atoms with Crippen LogP contribution in [0.4, 0.5) is 4.39 Å². The van der Waals surface area contributed by atoms with Gasteiger partial charge in [0.2, 0.25) is 6.79 Å². The minimum absolute atomic E-state index is 0.161. The molecule has 6 heteroatoms. The largest absolute Gasteiger partial charge is 0.454 e. The average molecular weight is 325 g/mol. The Kier molecular flexibility index (Phi) is 3.88. The molecule has 0 aliphatic carbocycles. The Balaban J connectivity index is 1.55. The van der Waals surface area contributed by atoms with Crippen molar-refractivity contribution in [2.24, 2.45) is 0 Å². The van der Waals surface area contributed by atoms with E-state index in [0.29, 0.717) is 6.54 Å². The van der Waals surface area contributed by atoms with E-state index in [1.807, 2.05) is 18.2 Å². The lowest BCUT2D eigenvalue weighted by molar-refractivity contribution is 0.174. The van der Waals surface area contributed by atoms with Crippen molar-refractivity contribution in [3.8, 4) is 11.5 Å². The van der Waals surface area contributed by atoms with Crippen molar-refractivity contribution in [3.63, 3.8) is 0 Å². The third-order valence-corrected chi connectivity index (χ3v) is 3.94. The molecule has 0 saturated heterocycles. The third-order valence-electron chi connectivity index (χ3n) is 3.94. The van der Waals surface area contributed by atoms with E-state index in [-0.39, 0.29) is 18.7 Å². The lowest BCUT2D eigenvalue weighted by Crippen LogP contribution is -2.23. The maximum absolute atomic E-state index is 13.2. The molecule has 1 aromatic heterocycles. The number of halogens is 1. The standard InChI is InChI=1S/C18H16FN3O2/c19-14-4-2-13(3-5-14)17(18-20-7-8-21-18)22-10-12-1-6-15-16(9-12)24-11-23-15/h1-9,17,22H,10-11H2,(H,20,21)/t17-/m1/s1. The van der Waals surface area contributed by atoms with Crippen LogP contribution in [0.15, 0.2) is 54.9 Å². The zero-order valence-electron chi connectivity index (χ0n) is 12.8. The van der Waals surface area contributed by atoms with Gasteiger partial charge in [-0.3, -0.25) is 5.32 Å². The van der Waals surface area contributed by atoms with Gasteiger partial charge < -0.3 is 14.5 Å². The van der Waals surface area contributed by atoms with E-state index in [0.717, 1.165) is 28.5 Å². The number of aromatic amines is 1. The van der Waals surface area contributed by atoms with Crippen LogP contribution in [0.2, 0.25) is 0 Å². The summed E-state index contributed by atoms with van der Waals surface area (Å²) in [4.78, 5) is 7.45. The maximum Gasteiger partial charge on any atom is 0.231 e. The molecule has 122 valence electrons. The SMILES string of the molecule is Fc1ccc([C@@H](NCc2ccc3c(c2)OCO3)c2ncc[nH]2)cc1. The van der Waals surface area contributed by atoms with E-state index < -0.39 is 0 Å². The van der Waals surface area contributed by atoms with Crippen molar-refractivity contribution < 1.29 is 13.9 Å². The number of rotatable bonds is 5. The summed E-state index contributed by atoms with van der Waals surface area (Å²) in [5.74, 6) is 2.04. The molecule has 1 aliphatic rings. The van der Waals surface area contributed by atoms with E-state index in [4.69, 9.17) is 9.47 Å². The van der Waals surface area contributed by atoms with Gasteiger partial charge in [0, 0.05) is 18.9 Å². The maximum atomic E-state index is 13.2. The molecule has 0 spiro atoms. The highest BCUT2D eigenvalue weighted by atomic mass is 19.1. The lowest BCUT2D eigenvalue weighted by atomic mass is 10.1. The Morgan fingerprint density at radius 2 is 1.96 bits per heavy atom. The van der Waals surface area contributed by atoms with Gasteiger partial charge in [-0.1, -0.05) is 18.2 Å². The first kappa shape index (κ1) is 14.7. The van der Waals surface area contributed by atoms with Crippen LogP contribution in [0.5, 0.6) is 11.5 Å². The number of aromatic nitrogens is 2. The Morgan fingerprint density at radius 3 is 2.75 bits per heavy atom. The number of benzene rings is 2. The van der Waals surface area contributed by atoms with Crippen LogP contribution in [-0.2, 0) is 6.54 Å². The number of H-pyrrole nitrogens is 1. The van der Waals surface area contributed by atoms with Gasteiger partial charge in [0.1, 0.15) is 11.6 Å². The molecule has 0 bridgehead atoms. The van der Waals surface area contributed by atoms with E-state index in [9.17, 15) is 4.39 Å². The van der Waals surface area contributed by atoms with Crippen molar-refractivity contribution in [2.75, 3.05) is 6.79 Å². The summed E-state index contributed by atoms with van der Waals surface area (Å²) in [6.45, 7) is 0.871. The first-order chi connectivity index (χ1) is 11.8. The van der Waals surface area contributed by atoms with Crippen molar-refractivity contribution in [2.45, 2.75) is 12.6 Å². The molecule has 1 aliphatic heterocycles. The molecule has 1 atom stereocenters. The summed E-state index contributed by atoms with van der Waals surface area (Å²) in [5, 5.41) is 3.45. The van der Waals surface area contributed by atoms with Gasteiger partial charge in [0.15, 0.2) is 11.5 Å². The van der Waals surface area contributed by atoms with Gasteiger partial charge in [0.05, 0.1) is 6.04 Å². The normalized spacial score (nSPS) is 13.9. The lowest BCUT2D eigenvalue weighted by Gasteiger charge is -2.17. The quantitative estimate of drug-likeness (QED) is 0.756. The van der Waals surface area contributed by atoms with E-state index in [1.54, 1.807) is 24.5 Å². The molecule has 4 rings (SSSR count). The summed E-state index contributed by atoms with van der Waals surface area (Å²) in [6.07, 6.45) is 3.47. The molecule has 2 aromatic carbocycles. The number of hydrogen-bond acceptors (Lipinski definition) is 4. The van der Waals surface area contributed by atoms with Crippen LogP contribution in [-0.4, -0.2) is 16.8 Å². The van der Waals surface area contributed by atoms with Gasteiger partial charge in [0.25, 0.3) is 0 Å². The Morgan fingerprint density at radius 1 is 1.12 bits per heavy atom. The topological polar surface area (TPSA) is 59.2 Å². The molecule has 24 heavy (non-hydrogen) atoms. The van der Waals surface area contributed by atoms with Crippen LogP contribution in [0.25, 0.3) is 0 Å². The fraction of sp³-hybridized carbons (Fsp3) is 0.167. The fourth-order valence-electron chi connectivity index (χ4n) is 2.73. The van der Waals surface area contributed by atoms with Crippen molar-refractivity contribution in [1.82, 2.24) is 15.3 Å². The summed E-state index contributed by atoms with van der Waals surface area (Å²) < 4.78 is 23.9. The molecule has 5 nitrogen and oxygen atoms in total. The van der Waals surface area contributed by atoms with Gasteiger partial charge in [-0.25, -0.2) is 9.37 Å². The summed E-state index contributed by atoms with van der Waals surface area (Å²) >= 11 is 0. The molecule has 0 unspecified atom stereocenters. The molecule has 0 fully saturated rings. The van der Waals surface area contributed by atoms with Gasteiger partial charge >= 0.3 is 0 Å². The van der Waals surface area contributed by atoms with Crippen molar-refractivity contribution in [1.29, 1.82) is 0 Å². The predicted molar refractivity (Wildman–Crippen MR) is 86.2 cm³/mol. The smallest absolute Gasteiger partial charge is 0.231 e. The molecule has 2 heterocycles. The molecule has 0 radical (unpaired) electrons. The van der Waals surface area contributed by atoms with Crippen LogP contribution >= 0.6 is 0 Å². The predicted octanol–water partition coefficient (Wildman–Crippen LogP) is 3.16. The first-order valence-electron chi connectivity index (χ1n) is 7.66. The number of nitrogens with zero attached hydrogens (tertiary/aromatic N) is 1. The van der Waals surface area contributed by atoms with E-state index in [2.05, 4.69) is 15.3 Å². The molecule has 0 amide bonds. The van der Waals surface area contributed by atoms with Crippen molar-refractivity contribution >= 4 is 0 Å². The second-order valence-electron chi connectivity index (χ2n) is 5.53. The minimum Gasteiger partial charge on any atom is -0.454 e. The van der Waals surface area contributed by atoms with Crippen LogP contribution in [0.3, 0.4) is 0 Å². The summed E-state index contributed by atoms with van der Waals surface area (Å²) in [6, 6.07) is 12.1. The zero-order valence-corrected chi connectivity index (χ0v) is 12.8. The Bertz CT molecular complexity index is 819. The highest BCUT2D eigenvalue weighted by Gasteiger charge is 2.17. The van der Waals surface area contributed by atoms with Gasteiger partial charge in [-0.2, -0.15) is 0 Å². The second kappa shape index (κ2) is 6.33. The first-order valence-corrected chi connectivity index (χ1v) is 7.66. The van der Waals surface area contributed by atoms with Gasteiger partial charge in [-0.05, 0) is 35.4 Å². The fourth-order valence-corrected chi connectivity index (χ4v) is 2.73. The number of fused-ring (bicyclic) bond motifs is 1. The minimum atomic E-state index is -0.257. The third kappa shape index (κ3) is 2.96. The van der Waals surface area contributed by atoms with Gasteiger partial charge in [-0.15, -0.1) is 0 Å².